The highest BCUT2D eigenvalue weighted by Gasteiger charge is 2.27. The molecule has 1 aromatic heterocycles. The lowest BCUT2D eigenvalue weighted by molar-refractivity contribution is 0.595. The number of aryl methyl sites for hydroxylation is 1. The summed E-state index contributed by atoms with van der Waals surface area (Å²) in [6.07, 6.45) is 2.35. The van der Waals surface area contributed by atoms with Gasteiger partial charge in [0.05, 0.1) is 23.4 Å². The van der Waals surface area contributed by atoms with Crippen molar-refractivity contribution in [2.75, 3.05) is 29.1 Å². The number of sulfone groups is 1. The largest absolute Gasteiger partial charge is 0.397 e. The number of anilines is 2. The van der Waals surface area contributed by atoms with E-state index in [2.05, 4.69) is 10.3 Å². The maximum absolute atomic E-state index is 11.3. The van der Waals surface area contributed by atoms with Crippen LogP contribution in [-0.4, -0.2) is 31.5 Å². The quantitative estimate of drug-likeness (QED) is 0.835. The third-order valence-corrected chi connectivity index (χ3v) is 4.89. The van der Waals surface area contributed by atoms with E-state index in [4.69, 9.17) is 5.73 Å². The van der Waals surface area contributed by atoms with Gasteiger partial charge < -0.3 is 11.1 Å². The van der Waals surface area contributed by atoms with Crippen LogP contribution in [0.5, 0.6) is 0 Å². The molecule has 2 heterocycles. The minimum atomic E-state index is -2.80. The Hall–Kier alpha value is -1.30. The summed E-state index contributed by atoms with van der Waals surface area (Å²) in [5.74, 6) is 1.54. The first-order chi connectivity index (χ1) is 7.96. The molecule has 6 heteroatoms. The Labute approximate surface area is 101 Å². The van der Waals surface area contributed by atoms with Gasteiger partial charge in [-0.15, -0.1) is 0 Å². The lowest BCUT2D eigenvalue weighted by Crippen LogP contribution is -2.16. The average Bonchev–Trinajstić information content (AvgIpc) is 2.60. The standard InChI is InChI=1S/C11H17N3O2S/c1-8-4-11(14-6-10(8)12)13-5-9-2-3-17(15,16)7-9/h4,6,9H,2-3,5,7,12H2,1H3,(H,13,14). The summed E-state index contributed by atoms with van der Waals surface area (Å²) < 4.78 is 22.6. The predicted octanol–water partition coefficient (Wildman–Crippen LogP) is 0.819. The van der Waals surface area contributed by atoms with Gasteiger partial charge in [-0.3, -0.25) is 0 Å². The van der Waals surface area contributed by atoms with E-state index in [-0.39, 0.29) is 11.7 Å². The van der Waals surface area contributed by atoms with E-state index < -0.39 is 9.84 Å². The molecule has 0 saturated carbocycles. The van der Waals surface area contributed by atoms with Gasteiger partial charge in [-0.2, -0.15) is 0 Å². The summed E-state index contributed by atoms with van der Waals surface area (Å²) >= 11 is 0. The van der Waals surface area contributed by atoms with Gasteiger partial charge in [0.15, 0.2) is 9.84 Å². The number of nitrogens with two attached hydrogens (primary N) is 1. The van der Waals surface area contributed by atoms with E-state index in [0.717, 1.165) is 17.8 Å². The molecule has 17 heavy (non-hydrogen) atoms. The maximum atomic E-state index is 11.3. The lowest BCUT2D eigenvalue weighted by atomic mass is 10.1. The second kappa shape index (κ2) is 4.52. The molecule has 1 aromatic rings. The molecular formula is C11H17N3O2S. The van der Waals surface area contributed by atoms with Crippen LogP contribution in [0.15, 0.2) is 12.3 Å². The zero-order chi connectivity index (χ0) is 12.5. The zero-order valence-electron chi connectivity index (χ0n) is 9.81. The first-order valence-electron chi connectivity index (χ1n) is 5.63. The van der Waals surface area contributed by atoms with Crippen LogP contribution in [0.2, 0.25) is 0 Å². The minimum absolute atomic E-state index is 0.194. The van der Waals surface area contributed by atoms with Gasteiger partial charge in [0.25, 0.3) is 0 Å². The summed E-state index contributed by atoms with van der Waals surface area (Å²) in [7, 11) is -2.80. The molecule has 1 aliphatic heterocycles. The first kappa shape index (κ1) is 12.2. The number of hydrogen-bond acceptors (Lipinski definition) is 5. The van der Waals surface area contributed by atoms with Gasteiger partial charge in [-0.05, 0) is 30.9 Å². The van der Waals surface area contributed by atoms with Crippen LogP contribution in [0.1, 0.15) is 12.0 Å². The molecule has 3 N–H and O–H groups in total. The van der Waals surface area contributed by atoms with Gasteiger partial charge in [0, 0.05) is 6.54 Å². The Balaban J connectivity index is 1.92. The predicted molar refractivity (Wildman–Crippen MR) is 68.6 cm³/mol. The number of nitrogens with one attached hydrogen (secondary N) is 1. The van der Waals surface area contributed by atoms with Crippen molar-refractivity contribution >= 4 is 21.3 Å². The van der Waals surface area contributed by atoms with Crippen molar-refractivity contribution in [2.45, 2.75) is 13.3 Å². The second-order valence-corrected chi connectivity index (χ2v) is 6.80. The number of pyridine rings is 1. The van der Waals surface area contributed by atoms with E-state index in [1.165, 1.54) is 0 Å². The normalized spacial score (nSPS) is 22.5. The third kappa shape index (κ3) is 3.09. The number of nitrogens with zero attached hydrogens (tertiary/aromatic N) is 1. The minimum Gasteiger partial charge on any atom is -0.397 e. The Kier molecular flexibility index (Phi) is 3.24. The Morgan fingerprint density at radius 1 is 1.59 bits per heavy atom. The highest BCUT2D eigenvalue weighted by atomic mass is 32.2. The number of rotatable bonds is 3. The molecular weight excluding hydrogens is 238 g/mol. The molecule has 0 bridgehead atoms. The van der Waals surface area contributed by atoms with Gasteiger partial charge in [0.2, 0.25) is 0 Å². The molecule has 0 aromatic carbocycles. The fourth-order valence-electron chi connectivity index (χ4n) is 1.95. The highest BCUT2D eigenvalue weighted by molar-refractivity contribution is 7.91. The second-order valence-electron chi connectivity index (χ2n) is 4.58. The molecule has 0 radical (unpaired) electrons. The zero-order valence-corrected chi connectivity index (χ0v) is 10.6. The van der Waals surface area contributed by atoms with Gasteiger partial charge in [-0.25, -0.2) is 13.4 Å². The molecule has 0 aliphatic carbocycles. The van der Waals surface area contributed by atoms with Crippen LogP contribution in [0.4, 0.5) is 11.5 Å². The van der Waals surface area contributed by atoms with Crippen LogP contribution in [-0.2, 0) is 9.84 Å². The summed E-state index contributed by atoms with van der Waals surface area (Å²) in [5, 5.41) is 3.16. The maximum Gasteiger partial charge on any atom is 0.150 e. The number of nitrogen functional groups attached to an aromatic ring is 1. The summed E-state index contributed by atoms with van der Waals surface area (Å²) in [5.41, 5.74) is 7.31. The van der Waals surface area contributed by atoms with E-state index in [0.29, 0.717) is 18.0 Å². The summed E-state index contributed by atoms with van der Waals surface area (Å²) in [6.45, 7) is 2.57. The van der Waals surface area contributed by atoms with Crippen LogP contribution < -0.4 is 11.1 Å². The Morgan fingerprint density at radius 3 is 2.94 bits per heavy atom. The van der Waals surface area contributed by atoms with Crippen molar-refractivity contribution in [3.05, 3.63) is 17.8 Å². The number of hydrogen-bond donors (Lipinski definition) is 2. The molecule has 1 fully saturated rings. The molecule has 0 amide bonds. The molecule has 1 saturated heterocycles. The molecule has 94 valence electrons. The van der Waals surface area contributed by atoms with Gasteiger partial charge in [-0.1, -0.05) is 0 Å². The Morgan fingerprint density at radius 2 is 2.35 bits per heavy atom. The molecule has 2 rings (SSSR count). The average molecular weight is 255 g/mol. The lowest BCUT2D eigenvalue weighted by Gasteiger charge is -2.11. The SMILES string of the molecule is Cc1cc(NCC2CCS(=O)(=O)C2)ncc1N. The third-order valence-electron chi connectivity index (χ3n) is 3.05. The Bertz CT molecular complexity index is 513. The molecule has 1 aliphatic rings. The van der Waals surface area contributed by atoms with Crippen LogP contribution in [0, 0.1) is 12.8 Å². The van der Waals surface area contributed by atoms with E-state index in [1.54, 1.807) is 6.20 Å². The smallest absolute Gasteiger partial charge is 0.150 e. The van der Waals surface area contributed by atoms with Crippen molar-refractivity contribution in [1.29, 1.82) is 0 Å². The fourth-order valence-corrected chi connectivity index (χ4v) is 3.81. The van der Waals surface area contributed by atoms with Crippen molar-refractivity contribution in [1.82, 2.24) is 4.98 Å². The van der Waals surface area contributed by atoms with Crippen molar-refractivity contribution < 1.29 is 8.42 Å². The molecule has 0 spiro atoms. The summed E-state index contributed by atoms with van der Waals surface area (Å²) in [6, 6.07) is 1.87. The highest BCUT2D eigenvalue weighted by Crippen LogP contribution is 2.19. The number of aromatic nitrogens is 1. The van der Waals surface area contributed by atoms with E-state index in [1.807, 2.05) is 13.0 Å². The fraction of sp³-hybridized carbons (Fsp3) is 0.545. The molecule has 5 nitrogen and oxygen atoms in total. The van der Waals surface area contributed by atoms with E-state index in [9.17, 15) is 8.42 Å². The first-order valence-corrected chi connectivity index (χ1v) is 7.45. The topological polar surface area (TPSA) is 85.1 Å². The van der Waals surface area contributed by atoms with Crippen molar-refractivity contribution in [3.8, 4) is 0 Å². The molecule has 1 unspecified atom stereocenters. The molecule has 1 atom stereocenters. The van der Waals surface area contributed by atoms with Gasteiger partial charge >= 0.3 is 0 Å². The van der Waals surface area contributed by atoms with Gasteiger partial charge in [0.1, 0.15) is 5.82 Å². The van der Waals surface area contributed by atoms with E-state index >= 15 is 0 Å². The monoisotopic (exact) mass is 255 g/mol. The van der Waals surface area contributed by atoms with Crippen molar-refractivity contribution in [3.63, 3.8) is 0 Å². The van der Waals surface area contributed by atoms with Crippen LogP contribution in [0.25, 0.3) is 0 Å². The summed E-state index contributed by atoms with van der Waals surface area (Å²) in [4.78, 5) is 4.15. The van der Waals surface area contributed by atoms with Crippen LogP contribution >= 0.6 is 0 Å². The van der Waals surface area contributed by atoms with Crippen LogP contribution in [0.3, 0.4) is 0 Å². The van der Waals surface area contributed by atoms with Crippen molar-refractivity contribution in [2.24, 2.45) is 5.92 Å².